The van der Waals surface area contributed by atoms with Crippen molar-refractivity contribution >= 4 is 29.9 Å². The third-order valence-corrected chi connectivity index (χ3v) is 8.87. The summed E-state index contributed by atoms with van der Waals surface area (Å²) in [6.07, 6.45) is -4.73. The number of carbonyl (C=O) groups excluding carboxylic acids is 4. The summed E-state index contributed by atoms with van der Waals surface area (Å²) in [6.45, 7) is 9.49. The van der Waals surface area contributed by atoms with Crippen molar-refractivity contribution in [3.05, 3.63) is 83.4 Å². The lowest BCUT2D eigenvalue weighted by Gasteiger charge is -2.35. The molecule has 8 N–H and O–H groups in total. The highest BCUT2D eigenvalue weighted by Crippen LogP contribution is 2.31. The third-order valence-electron chi connectivity index (χ3n) is 8.87. The van der Waals surface area contributed by atoms with Gasteiger partial charge in [-0.3, -0.25) is 14.4 Å². The number of aromatic hydroxyl groups is 2. The summed E-state index contributed by atoms with van der Waals surface area (Å²) in [5.41, 5.74) is 0.627. The molecule has 1 aliphatic heterocycles. The number of phenols is 2. The van der Waals surface area contributed by atoms with Crippen LogP contribution in [-0.4, -0.2) is 97.1 Å². The second kappa shape index (κ2) is 17.5. The van der Waals surface area contributed by atoms with Gasteiger partial charge >= 0.3 is 12.2 Å². The monoisotopic (exact) mass is 761 g/mol. The fourth-order valence-corrected chi connectivity index (χ4v) is 6.05. The highest BCUT2D eigenvalue weighted by molar-refractivity contribution is 5.94. The summed E-state index contributed by atoms with van der Waals surface area (Å²) in [4.78, 5) is 68.2. The van der Waals surface area contributed by atoms with Gasteiger partial charge in [0.2, 0.25) is 17.7 Å². The maximum absolute atomic E-state index is 14.2. The lowest BCUT2D eigenvalue weighted by atomic mass is 9.95. The first kappa shape index (κ1) is 41.9. The summed E-state index contributed by atoms with van der Waals surface area (Å²) < 4.78 is 5.41. The van der Waals surface area contributed by atoms with Crippen LogP contribution in [0.2, 0.25) is 0 Å². The van der Waals surface area contributed by atoms with Crippen LogP contribution in [0.25, 0.3) is 11.1 Å². The topological polar surface area (TPSA) is 227 Å². The molecule has 4 atom stereocenters. The zero-order chi connectivity index (χ0) is 40.7. The number of ether oxygens (including phenoxy) is 1. The average Bonchev–Trinajstić information content (AvgIpc) is 3.09. The molecule has 55 heavy (non-hydrogen) atoms. The number of hydrogen-bond acceptors (Lipinski definition) is 9. The van der Waals surface area contributed by atoms with Gasteiger partial charge in [-0.1, -0.05) is 42.5 Å². The number of carboxylic acid groups (broad SMARTS) is 1. The normalized spacial score (nSPS) is 18.3. The Hall–Kier alpha value is -5.83. The van der Waals surface area contributed by atoms with E-state index < -0.39 is 78.2 Å². The maximum Gasteiger partial charge on any atom is 0.408 e. The summed E-state index contributed by atoms with van der Waals surface area (Å²) in [6, 6.07) is 14.1. The number of fused-ring (bicyclic) bond motifs is 5. The van der Waals surface area contributed by atoms with Crippen LogP contribution in [0, 0.1) is 0 Å². The number of carbonyl (C=O) groups is 5. The Morgan fingerprint density at radius 2 is 1.44 bits per heavy atom. The van der Waals surface area contributed by atoms with Crippen molar-refractivity contribution in [2.24, 2.45) is 0 Å². The molecule has 5 amide bonds. The Balaban J connectivity index is 1.80. The van der Waals surface area contributed by atoms with Crippen molar-refractivity contribution in [2.75, 3.05) is 6.54 Å². The molecule has 0 unspecified atom stereocenters. The SMILES string of the molecule is CC(C)(C)OC(=O)N[C@H]1Cc2cc(ccc2O)-c2ccc(O)c(c2)C[C@@H](C(=O)NCc2ccccc2)NC(=O)[C@H](C[C@@H](O)CN(C(=O)O)C(C)(C)C)NC1=O. The van der Waals surface area contributed by atoms with Crippen molar-refractivity contribution in [1.29, 1.82) is 0 Å². The van der Waals surface area contributed by atoms with E-state index in [1.807, 2.05) is 18.2 Å². The number of nitrogens with one attached hydrogen (secondary N) is 4. The van der Waals surface area contributed by atoms with Crippen LogP contribution in [0.15, 0.2) is 66.7 Å². The molecule has 3 aromatic carbocycles. The Labute approximate surface area is 320 Å². The van der Waals surface area contributed by atoms with Crippen LogP contribution < -0.4 is 21.3 Å². The quantitative estimate of drug-likeness (QED) is 0.167. The first-order chi connectivity index (χ1) is 25.7. The maximum atomic E-state index is 14.2. The number of rotatable bonds is 8. The lowest BCUT2D eigenvalue weighted by Crippen LogP contribution is -2.59. The molecule has 0 aliphatic carbocycles. The fourth-order valence-electron chi connectivity index (χ4n) is 6.05. The molecule has 1 heterocycles. The van der Waals surface area contributed by atoms with Gasteiger partial charge < -0.3 is 51.3 Å². The van der Waals surface area contributed by atoms with Crippen molar-refractivity contribution in [2.45, 2.75) is 103 Å². The minimum atomic E-state index is -1.57. The molecule has 4 bridgehead atoms. The van der Waals surface area contributed by atoms with E-state index in [-0.39, 0.29) is 36.4 Å². The first-order valence-corrected chi connectivity index (χ1v) is 17.9. The first-order valence-electron chi connectivity index (χ1n) is 17.9. The van der Waals surface area contributed by atoms with Crippen LogP contribution >= 0.6 is 0 Å². The van der Waals surface area contributed by atoms with Crippen LogP contribution in [0.3, 0.4) is 0 Å². The van der Waals surface area contributed by atoms with E-state index in [1.165, 1.54) is 12.1 Å². The van der Waals surface area contributed by atoms with Crippen LogP contribution in [0.4, 0.5) is 9.59 Å². The van der Waals surface area contributed by atoms with Gasteiger partial charge in [0.15, 0.2) is 0 Å². The molecule has 0 spiro atoms. The molecule has 15 heteroatoms. The number of alkyl carbamates (subject to hydrolysis) is 1. The molecular weight excluding hydrogens is 710 g/mol. The Morgan fingerprint density at radius 1 is 0.855 bits per heavy atom. The summed E-state index contributed by atoms with van der Waals surface area (Å²) >= 11 is 0. The number of nitrogens with zero attached hydrogens (tertiary/aromatic N) is 1. The molecule has 0 radical (unpaired) electrons. The Bertz CT molecular complexity index is 1870. The average molecular weight is 762 g/mol. The molecule has 4 rings (SSSR count). The van der Waals surface area contributed by atoms with E-state index in [4.69, 9.17) is 4.74 Å². The van der Waals surface area contributed by atoms with Gasteiger partial charge in [-0.2, -0.15) is 0 Å². The van der Waals surface area contributed by atoms with E-state index in [2.05, 4.69) is 21.3 Å². The van der Waals surface area contributed by atoms with Crippen molar-refractivity contribution < 1.29 is 49.1 Å². The standard InChI is InChI=1S/C40H51N5O10/c1-39(2,3)45(38(53)54)22-28(46)20-31-36(51)42-29(34(49)41-21-23-10-8-7-9-11-23)18-26-16-24(12-14-32(26)47)25-13-15-33(48)27(17-25)19-30(35(50)43-31)44-37(52)55-40(4,5)6/h7-17,28-31,46-48H,18-22H2,1-6H3,(H,41,49)(H,42,51)(H,43,50)(H,44,52)(H,53,54)/t28-,29+,30+,31+/m1/s1. The van der Waals surface area contributed by atoms with Gasteiger partial charge in [0.25, 0.3) is 0 Å². The van der Waals surface area contributed by atoms with Gasteiger partial charge in [-0.25, -0.2) is 9.59 Å². The number of aliphatic hydroxyl groups excluding tert-OH is 1. The number of hydrogen-bond donors (Lipinski definition) is 8. The largest absolute Gasteiger partial charge is 0.508 e. The zero-order valence-corrected chi connectivity index (χ0v) is 31.9. The highest BCUT2D eigenvalue weighted by Gasteiger charge is 2.35. The molecular formula is C40H51N5O10. The van der Waals surface area contributed by atoms with E-state index in [9.17, 15) is 44.4 Å². The number of benzene rings is 3. The summed E-state index contributed by atoms with van der Waals surface area (Å²) in [7, 11) is 0. The second-order valence-corrected chi connectivity index (χ2v) is 15.6. The number of β-amino-alcohol motifs (C(OH)–C–C–N with tert-alkyl or cyclic N) is 1. The molecule has 15 nitrogen and oxygen atoms in total. The molecule has 0 aromatic heterocycles. The van der Waals surface area contributed by atoms with Crippen LogP contribution in [-0.2, 0) is 38.5 Å². The number of amides is 5. The van der Waals surface area contributed by atoms with Crippen molar-refractivity contribution in [1.82, 2.24) is 26.2 Å². The molecule has 0 saturated heterocycles. The molecule has 0 saturated carbocycles. The van der Waals surface area contributed by atoms with E-state index in [1.54, 1.807) is 77.9 Å². The summed E-state index contributed by atoms with van der Waals surface area (Å²) in [5.74, 6) is -2.76. The predicted molar refractivity (Wildman–Crippen MR) is 203 cm³/mol. The molecule has 3 aromatic rings. The minimum Gasteiger partial charge on any atom is -0.508 e. The van der Waals surface area contributed by atoms with E-state index in [0.717, 1.165) is 10.5 Å². The predicted octanol–water partition coefficient (Wildman–Crippen LogP) is 3.57. The van der Waals surface area contributed by atoms with Gasteiger partial charge in [0, 0.05) is 31.3 Å². The van der Waals surface area contributed by atoms with Crippen molar-refractivity contribution in [3.8, 4) is 22.6 Å². The van der Waals surface area contributed by atoms with Gasteiger partial charge in [0.1, 0.15) is 35.2 Å². The van der Waals surface area contributed by atoms with Crippen LogP contribution in [0.5, 0.6) is 11.5 Å². The van der Waals surface area contributed by atoms with E-state index >= 15 is 0 Å². The zero-order valence-electron chi connectivity index (χ0n) is 31.9. The number of aliphatic hydroxyl groups is 1. The van der Waals surface area contributed by atoms with Crippen LogP contribution in [0.1, 0.15) is 64.7 Å². The molecule has 1 aliphatic rings. The van der Waals surface area contributed by atoms with Gasteiger partial charge in [-0.15, -0.1) is 0 Å². The van der Waals surface area contributed by atoms with E-state index in [0.29, 0.717) is 16.7 Å². The third kappa shape index (κ3) is 12.1. The number of phenolic OH excluding ortho intramolecular Hbond substituents is 2. The second-order valence-electron chi connectivity index (χ2n) is 15.6. The Kier molecular flexibility index (Phi) is 13.4. The Morgan fingerprint density at radius 3 is 1.98 bits per heavy atom. The van der Waals surface area contributed by atoms with Gasteiger partial charge in [-0.05, 0) is 93.6 Å². The molecule has 0 fully saturated rings. The van der Waals surface area contributed by atoms with Crippen molar-refractivity contribution in [3.63, 3.8) is 0 Å². The lowest BCUT2D eigenvalue weighted by molar-refractivity contribution is -0.133. The smallest absolute Gasteiger partial charge is 0.408 e. The van der Waals surface area contributed by atoms with Gasteiger partial charge in [0.05, 0.1) is 12.6 Å². The highest BCUT2D eigenvalue weighted by atomic mass is 16.6. The molecule has 296 valence electrons. The summed E-state index contributed by atoms with van der Waals surface area (Å²) in [5, 5.41) is 53.5. The minimum absolute atomic E-state index is 0.114. The fraction of sp³-hybridized carbons (Fsp3) is 0.425.